The minimum absolute atomic E-state index is 0.0604. The Morgan fingerprint density at radius 1 is 1.43 bits per heavy atom. The van der Waals surface area contributed by atoms with Gasteiger partial charge >= 0.3 is 5.97 Å². The second kappa shape index (κ2) is 5.43. The smallest absolute Gasteiger partial charge is 0.309 e. The van der Waals surface area contributed by atoms with Gasteiger partial charge in [-0.25, -0.2) is 13.4 Å². The third-order valence-electron chi connectivity index (χ3n) is 3.08. The van der Waals surface area contributed by atoms with Gasteiger partial charge in [0.25, 0.3) is 0 Å². The summed E-state index contributed by atoms with van der Waals surface area (Å²) in [4.78, 5) is 15.3. The van der Waals surface area contributed by atoms with Crippen molar-refractivity contribution in [1.29, 1.82) is 0 Å². The Hall–Kier alpha value is -1.38. The molecule has 0 bridgehead atoms. The van der Waals surface area contributed by atoms with Crippen molar-refractivity contribution in [3.63, 3.8) is 0 Å². The molecule has 0 spiro atoms. The van der Waals surface area contributed by atoms with Crippen LogP contribution in [0.4, 0.5) is 0 Å². The van der Waals surface area contributed by atoms with Crippen molar-refractivity contribution in [2.24, 2.45) is 0 Å². The second-order valence-corrected chi connectivity index (χ2v) is 8.91. The molecule has 110 valence electrons. The molecule has 0 saturated carbocycles. The predicted molar refractivity (Wildman–Crippen MR) is 80.5 cm³/mol. The van der Waals surface area contributed by atoms with E-state index in [1.165, 1.54) is 23.1 Å². The Balaban J connectivity index is 1.84. The minimum Gasteiger partial charge on any atom is -0.481 e. The number of fused-ring (bicyclic) bond motifs is 1. The molecule has 1 aromatic carbocycles. The van der Waals surface area contributed by atoms with Crippen LogP contribution in [0.3, 0.4) is 0 Å². The molecule has 21 heavy (non-hydrogen) atoms. The van der Waals surface area contributed by atoms with Crippen LogP contribution >= 0.6 is 23.1 Å². The first-order valence-electron chi connectivity index (χ1n) is 6.10. The maximum Gasteiger partial charge on any atom is 0.309 e. The van der Waals surface area contributed by atoms with Gasteiger partial charge in [0.15, 0.2) is 14.2 Å². The average Bonchev–Trinajstić information content (AvgIpc) is 2.93. The molecular weight excluding hydrogens is 330 g/mol. The summed E-state index contributed by atoms with van der Waals surface area (Å²) in [5.74, 6) is -0.865. The van der Waals surface area contributed by atoms with Crippen LogP contribution in [0, 0.1) is 0 Å². The van der Waals surface area contributed by atoms with Gasteiger partial charge in [0.2, 0.25) is 0 Å². The number of nitrogens with zero attached hydrogens (tertiary/aromatic N) is 1. The fourth-order valence-electron chi connectivity index (χ4n) is 2.21. The quantitative estimate of drug-likeness (QED) is 0.919. The first kappa shape index (κ1) is 14.6. The highest BCUT2D eigenvalue weighted by molar-refractivity contribution is 8.02. The molecule has 1 aliphatic rings. The number of carbonyl (C=O) groups is 1. The van der Waals surface area contributed by atoms with Gasteiger partial charge in [-0.2, -0.15) is 0 Å². The molecule has 0 amide bonds. The van der Waals surface area contributed by atoms with Crippen LogP contribution in [0.15, 0.2) is 38.9 Å². The van der Waals surface area contributed by atoms with E-state index in [1.807, 2.05) is 12.1 Å². The van der Waals surface area contributed by atoms with Gasteiger partial charge in [-0.15, -0.1) is 11.3 Å². The number of aromatic nitrogens is 1. The Labute approximate surface area is 130 Å². The van der Waals surface area contributed by atoms with E-state index in [0.29, 0.717) is 14.9 Å². The highest BCUT2D eigenvalue weighted by Crippen LogP contribution is 2.45. The van der Waals surface area contributed by atoms with Crippen molar-refractivity contribution in [3.8, 4) is 0 Å². The average molecular weight is 341 g/mol. The molecule has 1 N–H and O–H groups in total. The first-order chi connectivity index (χ1) is 9.95. The van der Waals surface area contributed by atoms with Crippen molar-refractivity contribution < 1.29 is 18.3 Å². The summed E-state index contributed by atoms with van der Waals surface area (Å²) in [6, 6.07) is 7.00. The van der Waals surface area contributed by atoms with E-state index in [4.69, 9.17) is 5.11 Å². The molecule has 0 saturated heterocycles. The van der Waals surface area contributed by atoms with Gasteiger partial charge in [-0.3, -0.25) is 4.79 Å². The largest absolute Gasteiger partial charge is 0.481 e. The third-order valence-corrected chi connectivity index (χ3v) is 7.36. The van der Waals surface area contributed by atoms with Crippen LogP contribution in [0.25, 0.3) is 0 Å². The fraction of sp³-hybridized carbons (Fsp3) is 0.231. The number of sulfone groups is 1. The molecule has 8 heteroatoms. The fourth-order valence-corrected chi connectivity index (χ4v) is 6.71. The van der Waals surface area contributed by atoms with E-state index in [-0.39, 0.29) is 17.4 Å². The number of thiazole rings is 1. The molecule has 1 aromatic heterocycles. The summed E-state index contributed by atoms with van der Waals surface area (Å²) in [6.07, 6.45) is -0.114. The van der Waals surface area contributed by atoms with Gasteiger partial charge in [0, 0.05) is 5.38 Å². The number of benzene rings is 1. The molecule has 1 atom stereocenters. The standard InChI is InChI=1S/C13H11NO4S3/c15-12(16)5-8-6-19-13(14-8)20-10-7-21(17,18)11-4-2-1-3-9(10)11/h1-4,6,10H,5,7H2,(H,15,16). The van der Waals surface area contributed by atoms with Crippen LogP contribution in [-0.4, -0.2) is 30.2 Å². The van der Waals surface area contributed by atoms with Crippen LogP contribution in [0.2, 0.25) is 0 Å². The van der Waals surface area contributed by atoms with E-state index >= 15 is 0 Å². The molecule has 3 rings (SSSR count). The van der Waals surface area contributed by atoms with Crippen molar-refractivity contribution in [2.75, 3.05) is 5.75 Å². The molecular formula is C13H11NO4S3. The summed E-state index contributed by atoms with van der Waals surface area (Å²) in [7, 11) is -3.23. The van der Waals surface area contributed by atoms with Crippen molar-refractivity contribution in [3.05, 3.63) is 40.9 Å². The summed E-state index contributed by atoms with van der Waals surface area (Å²) in [5.41, 5.74) is 1.31. The normalized spacial score (nSPS) is 19.3. The number of aliphatic carboxylic acids is 1. The molecule has 0 radical (unpaired) electrons. The molecule has 0 aliphatic carbocycles. The maximum atomic E-state index is 12.1. The zero-order valence-electron chi connectivity index (χ0n) is 10.7. The summed E-state index contributed by atoms with van der Waals surface area (Å²) in [6.45, 7) is 0. The van der Waals surface area contributed by atoms with E-state index in [2.05, 4.69) is 4.98 Å². The third kappa shape index (κ3) is 2.97. The lowest BCUT2D eigenvalue weighted by atomic mass is 10.2. The highest BCUT2D eigenvalue weighted by Gasteiger charge is 2.35. The first-order valence-corrected chi connectivity index (χ1v) is 9.51. The zero-order valence-corrected chi connectivity index (χ0v) is 13.2. The summed E-state index contributed by atoms with van der Waals surface area (Å²) in [5, 5.41) is 10.3. The van der Waals surface area contributed by atoms with Crippen molar-refractivity contribution in [2.45, 2.75) is 20.9 Å². The molecule has 2 aromatic rings. The van der Waals surface area contributed by atoms with Crippen molar-refractivity contribution in [1.82, 2.24) is 4.98 Å². The molecule has 2 heterocycles. The Bertz CT molecular complexity index is 797. The molecule has 0 fully saturated rings. The SMILES string of the molecule is O=C(O)Cc1csc(SC2CS(=O)(=O)c3ccccc32)n1. The van der Waals surface area contributed by atoms with E-state index in [0.717, 1.165) is 5.56 Å². The minimum atomic E-state index is -3.23. The summed E-state index contributed by atoms with van der Waals surface area (Å²) < 4.78 is 24.9. The Kier molecular flexibility index (Phi) is 3.76. The highest BCUT2D eigenvalue weighted by atomic mass is 32.2. The number of hydrogen-bond donors (Lipinski definition) is 1. The Morgan fingerprint density at radius 2 is 2.19 bits per heavy atom. The monoisotopic (exact) mass is 341 g/mol. The zero-order chi connectivity index (χ0) is 15.0. The van der Waals surface area contributed by atoms with E-state index in [1.54, 1.807) is 17.5 Å². The number of rotatable bonds is 4. The van der Waals surface area contributed by atoms with Crippen LogP contribution in [0.5, 0.6) is 0 Å². The Morgan fingerprint density at radius 3 is 2.95 bits per heavy atom. The van der Waals surface area contributed by atoms with Gasteiger partial charge in [-0.05, 0) is 11.6 Å². The molecule has 1 unspecified atom stereocenters. The predicted octanol–water partition coefficient (Wildman–Crippen LogP) is 2.39. The number of thioether (sulfide) groups is 1. The maximum absolute atomic E-state index is 12.1. The number of hydrogen-bond acceptors (Lipinski definition) is 6. The lowest BCUT2D eigenvalue weighted by Gasteiger charge is -2.06. The van der Waals surface area contributed by atoms with Crippen molar-refractivity contribution >= 4 is 38.9 Å². The molecule has 1 aliphatic heterocycles. The van der Waals surface area contributed by atoms with E-state index in [9.17, 15) is 13.2 Å². The van der Waals surface area contributed by atoms with Gasteiger partial charge in [0.1, 0.15) is 0 Å². The topological polar surface area (TPSA) is 84.3 Å². The van der Waals surface area contributed by atoms with Gasteiger partial charge in [-0.1, -0.05) is 30.0 Å². The number of carboxylic acids is 1. The van der Waals surface area contributed by atoms with Gasteiger partial charge in [0.05, 0.1) is 28.0 Å². The van der Waals surface area contributed by atoms with E-state index < -0.39 is 15.8 Å². The molecule has 5 nitrogen and oxygen atoms in total. The summed E-state index contributed by atoms with van der Waals surface area (Å²) >= 11 is 2.73. The van der Waals surface area contributed by atoms with Gasteiger partial charge < -0.3 is 5.11 Å². The van der Waals surface area contributed by atoms with Crippen LogP contribution in [-0.2, 0) is 21.1 Å². The van der Waals surface area contributed by atoms with Crippen LogP contribution in [0.1, 0.15) is 16.5 Å². The lowest BCUT2D eigenvalue weighted by molar-refractivity contribution is -0.136. The lowest BCUT2D eigenvalue weighted by Crippen LogP contribution is -2.01. The second-order valence-electron chi connectivity index (χ2n) is 4.60. The van der Waals surface area contributed by atoms with Crippen LogP contribution < -0.4 is 0 Å². The number of carboxylic acid groups (broad SMARTS) is 1.